The molecule has 0 amide bonds. The maximum Gasteiger partial charge on any atom is 0.146 e. The molecule has 0 aliphatic heterocycles. The van der Waals surface area contributed by atoms with E-state index in [4.69, 9.17) is 0 Å². The van der Waals surface area contributed by atoms with Crippen LogP contribution in [-0.4, -0.2) is 21.0 Å². The third kappa shape index (κ3) is 2.50. The molecule has 110 valence electrons. The Morgan fingerprint density at radius 1 is 1.10 bits per heavy atom. The van der Waals surface area contributed by atoms with Crippen LogP contribution >= 0.6 is 23.1 Å². The van der Waals surface area contributed by atoms with Gasteiger partial charge in [-0.05, 0) is 44.1 Å². The lowest BCUT2D eigenvalue weighted by molar-refractivity contribution is -0.119. The maximum atomic E-state index is 12.1. The van der Waals surface area contributed by atoms with Gasteiger partial charge in [-0.15, -0.1) is 11.3 Å². The first-order chi connectivity index (χ1) is 10.3. The Labute approximate surface area is 132 Å². The lowest BCUT2D eigenvalue weighted by atomic mass is 9.97. The number of ketones is 1. The molecule has 0 aromatic carbocycles. The largest absolute Gasteiger partial charge is 0.298 e. The van der Waals surface area contributed by atoms with Gasteiger partial charge in [-0.1, -0.05) is 18.2 Å². The number of carbonyl (C=O) groups is 1. The first-order valence-electron chi connectivity index (χ1n) is 7.77. The predicted octanol–water partition coefficient (Wildman–Crippen LogP) is 4.17. The van der Waals surface area contributed by atoms with E-state index in [1.54, 1.807) is 18.1 Å². The van der Waals surface area contributed by atoms with Crippen molar-refractivity contribution in [2.24, 2.45) is 0 Å². The van der Waals surface area contributed by atoms with E-state index < -0.39 is 0 Å². The summed E-state index contributed by atoms with van der Waals surface area (Å²) < 4.78 is 0. The summed E-state index contributed by atoms with van der Waals surface area (Å²) >= 11 is 3.51. The lowest BCUT2D eigenvalue weighted by Gasteiger charge is -2.20. The topological polar surface area (TPSA) is 42.9 Å². The van der Waals surface area contributed by atoms with E-state index in [9.17, 15) is 4.79 Å². The van der Waals surface area contributed by atoms with Crippen LogP contribution in [0.5, 0.6) is 0 Å². The molecule has 3 nitrogen and oxygen atoms in total. The lowest BCUT2D eigenvalue weighted by Crippen LogP contribution is -2.21. The van der Waals surface area contributed by atoms with E-state index in [1.165, 1.54) is 41.5 Å². The molecular formula is C16H18N2OS2. The van der Waals surface area contributed by atoms with Crippen LogP contribution in [0.1, 0.15) is 49.0 Å². The van der Waals surface area contributed by atoms with Crippen LogP contribution in [0.3, 0.4) is 0 Å². The van der Waals surface area contributed by atoms with Crippen molar-refractivity contribution >= 4 is 39.1 Å². The molecule has 1 atom stereocenters. The number of hydrogen-bond acceptors (Lipinski definition) is 5. The Bertz CT molecular complexity index is 695. The quantitative estimate of drug-likeness (QED) is 0.779. The van der Waals surface area contributed by atoms with Crippen molar-refractivity contribution in [2.45, 2.75) is 61.6 Å². The highest BCUT2D eigenvalue weighted by molar-refractivity contribution is 8.00. The first-order valence-corrected chi connectivity index (χ1v) is 9.47. The van der Waals surface area contributed by atoms with Gasteiger partial charge in [0.05, 0.1) is 5.25 Å². The second-order valence-corrected chi connectivity index (χ2v) is 8.16. The van der Waals surface area contributed by atoms with E-state index in [0.717, 1.165) is 35.5 Å². The van der Waals surface area contributed by atoms with Crippen molar-refractivity contribution in [3.05, 3.63) is 16.8 Å². The van der Waals surface area contributed by atoms with Gasteiger partial charge in [0.25, 0.3) is 0 Å². The molecule has 1 saturated carbocycles. The van der Waals surface area contributed by atoms with Crippen LogP contribution in [0.25, 0.3) is 10.2 Å². The third-order valence-electron chi connectivity index (χ3n) is 4.47. The molecule has 0 saturated heterocycles. The zero-order valence-corrected chi connectivity index (χ0v) is 13.6. The van der Waals surface area contributed by atoms with Crippen LogP contribution in [-0.2, 0) is 17.6 Å². The first kappa shape index (κ1) is 13.7. The van der Waals surface area contributed by atoms with Crippen molar-refractivity contribution in [3.8, 4) is 0 Å². The van der Waals surface area contributed by atoms with Crippen molar-refractivity contribution in [2.75, 3.05) is 0 Å². The number of thiophene rings is 1. The SMILES string of the molecule is O=C1CCCC[C@H]1Sc1ncnc2sc3c(c12)CCCC3. The van der Waals surface area contributed by atoms with Crippen LogP contribution < -0.4 is 0 Å². The summed E-state index contributed by atoms with van der Waals surface area (Å²) in [6, 6.07) is 0. The van der Waals surface area contributed by atoms with Crippen LogP contribution in [0.2, 0.25) is 0 Å². The highest BCUT2D eigenvalue weighted by Crippen LogP contribution is 2.41. The summed E-state index contributed by atoms with van der Waals surface area (Å²) in [5, 5.41) is 2.40. The third-order valence-corrected chi connectivity index (χ3v) is 6.98. The van der Waals surface area contributed by atoms with Crippen molar-refractivity contribution in [3.63, 3.8) is 0 Å². The molecule has 0 unspecified atom stereocenters. The number of fused-ring (bicyclic) bond motifs is 3. The zero-order valence-electron chi connectivity index (χ0n) is 11.9. The van der Waals surface area contributed by atoms with Gasteiger partial charge in [-0.3, -0.25) is 4.79 Å². The van der Waals surface area contributed by atoms with Gasteiger partial charge in [0.15, 0.2) is 0 Å². The highest BCUT2D eigenvalue weighted by Gasteiger charge is 2.26. The Balaban J connectivity index is 1.74. The molecule has 4 rings (SSSR count). The molecule has 2 aliphatic carbocycles. The van der Waals surface area contributed by atoms with E-state index in [-0.39, 0.29) is 5.25 Å². The van der Waals surface area contributed by atoms with E-state index in [0.29, 0.717) is 5.78 Å². The average Bonchev–Trinajstić information content (AvgIpc) is 2.89. The minimum Gasteiger partial charge on any atom is -0.298 e. The molecule has 0 N–H and O–H groups in total. The molecule has 2 heterocycles. The molecule has 1 fully saturated rings. The molecule has 0 spiro atoms. The summed E-state index contributed by atoms with van der Waals surface area (Å²) in [6.07, 6.45) is 10.5. The van der Waals surface area contributed by atoms with E-state index in [2.05, 4.69) is 9.97 Å². The van der Waals surface area contributed by atoms with Gasteiger partial charge >= 0.3 is 0 Å². The maximum absolute atomic E-state index is 12.1. The molecule has 2 aromatic rings. The predicted molar refractivity (Wildman–Crippen MR) is 87.2 cm³/mol. The molecule has 0 radical (unpaired) electrons. The Morgan fingerprint density at radius 3 is 2.86 bits per heavy atom. The Morgan fingerprint density at radius 2 is 1.95 bits per heavy atom. The smallest absolute Gasteiger partial charge is 0.146 e. The number of nitrogens with zero attached hydrogens (tertiary/aromatic N) is 2. The van der Waals surface area contributed by atoms with Gasteiger partial charge in [-0.25, -0.2) is 9.97 Å². The van der Waals surface area contributed by atoms with Crippen molar-refractivity contribution in [1.82, 2.24) is 9.97 Å². The van der Waals surface area contributed by atoms with Crippen molar-refractivity contribution < 1.29 is 4.79 Å². The number of aryl methyl sites for hydroxylation is 2. The van der Waals surface area contributed by atoms with E-state index >= 15 is 0 Å². The summed E-state index contributed by atoms with van der Waals surface area (Å²) in [4.78, 5) is 23.7. The molecule has 2 aliphatic rings. The highest BCUT2D eigenvalue weighted by atomic mass is 32.2. The van der Waals surface area contributed by atoms with Crippen LogP contribution in [0.4, 0.5) is 0 Å². The number of Topliss-reactive ketones (excluding diaryl/α,β-unsaturated/α-hetero) is 1. The average molecular weight is 318 g/mol. The van der Waals surface area contributed by atoms with E-state index in [1.807, 2.05) is 11.3 Å². The van der Waals surface area contributed by atoms with Gasteiger partial charge in [0, 0.05) is 16.7 Å². The zero-order chi connectivity index (χ0) is 14.2. The molecule has 21 heavy (non-hydrogen) atoms. The fraction of sp³-hybridized carbons (Fsp3) is 0.562. The van der Waals surface area contributed by atoms with Crippen LogP contribution in [0, 0.1) is 0 Å². The number of hydrogen-bond donors (Lipinski definition) is 0. The second-order valence-electron chi connectivity index (χ2n) is 5.89. The minimum absolute atomic E-state index is 0.107. The molecule has 0 bridgehead atoms. The summed E-state index contributed by atoms with van der Waals surface area (Å²) in [5.41, 5.74) is 1.47. The number of aromatic nitrogens is 2. The summed E-state index contributed by atoms with van der Waals surface area (Å²) in [7, 11) is 0. The number of thioether (sulfide) groups is 1. The summed E-state index contributed by atoms with van der Waals surface area (Å²) in [5.74, 6) is 0.405. The standard InChI is InChI=1S/C16H18N2OS2/c19-11-6-2-4-8-13(11)21-16-14-10-5-1-3-7-12(10)20-15(14)17-9-18-16/h9,13H,1-8H2/t13-/m1/s1. The van der Waals surface area contributed by atoms with Crippen LogP contribution in [0.15, 0.2) is 11.4 Å². The fourth-order valence-electron chi connectivity index (χ4n) is 3.36. The normalized spacial score (nSPS) is 22.5. The minimum atomic E-state index is 0.107. The van der Waals surface area contributed by atoms with Gasteiger partial charge < -0.3 is 0 Å². The Hall–Kier alpha value is -0.940. The van der Waals surface area contributed by atoms with Gasteiger partial charge in [0.2, 0.25) is 0 Å². The second kappa shape index (κ2) is 5.69. The number of carbonyl (C=O) groups excluding carboxylic acids is 1. The molecule has 5 heteroatoms. The summed E-state index contributed by atoms with van der Waals surface area (Å²) in [6.45, 7) is 0. The molecule has 2 aromatic heterocycles. The Kier molecular flexibility index (Phi) is 3.71. The molecular weight excluding hydrogens is 300 g/mol. The fourth-order valence-corrected chi connectivity index (χ4v) is 5.90. The van der Waals surface area contributed by atoms with Gasteiger partial charge in [-0.2, -0.15) is 0 Å². The van der Waals surface area contributed by atoms with Gasteiger partial charge in [0.1, 0.15) is 22.0 Å². The van der Waals surface area contributed by atoms with Crippen molar-refractivity contribution in [1.29, 1.82) is 0 Å². The number of rotatable bonds is 2. The monoisotopic (exact) mass is 318 g/mol.